The van der Waals surface area contributed by atoms with Crippen LogP contribution < -0.4 is 5.32 Å². The van der Waals surface area contributed by atoms with Crippen molar-refractivity contribution in [3.8, 4) is 6.07 Å². The summed E-state index contributed by atoms with van der Waals surface area (Å²) in [7, 11) is 0. The van der Waals surface area contributed by atoms with Crippen molar-refractivity contribution in [3.05, 3.63) is 47.8 Å². The van der Waals surface area contributed by atoms with Crippen LogP contribution in [0.2, 0.25) is 5.02 Å². The van der Waals surface area contributed by atoms with E-state index < -0.39 is 0 Å². The molecule has 0 aliphatic carbocycles. The quantitative estimate of drug-likeness (QED) is 0.641. The molecule has 2 aromatic rings. The first-order valence-electron chi connectivity index (χ1n) is 6.71. The molecule has 0 aliphatic rings. The summed E-state index contributed by atoms with van der Waals surface area (Å²) in [5.74, 6) is -0.191. The molecule has 0 radical (unpaired) electrons. The molecule has 1 unspecified atom stereocenters. The average molecular weight is 348 g/mol. The Hall–Kier alpha value is -2.30. The maximum atomic E-state index is 12.3. The number of allylic oxidation sites excluding steroid dienone is 1. The van der Waals surface area contributed by atoms with E-state index in [1.165, 1.54) is 11.8 Å². The first-order valence-corrected chi connectivity index (χ1v) is 7.96. The van der Waals surface area contributed by atoms with E-state index in [0.717, 1.165) is 0 Å². The highest BCUT2D eigenvalue weighted by atomic mass is 35.5. The van der Waals surface area contributed by atoms with Crippen LogP contribution in [-0.2, 0) is 11.3 Å². The van der Waals surface area contributed by atoms with Crippen LogP contribution in [0.4, 0.5) is 5.69 Å². The zero-order chi connectivity index (χ0) is 16.8. The second-order valence-electron chi connectivity index (χ2n) is 4.61. The normalized spacial score (nSPS) is 11.5. The Bertz CT molecular complexity index is 767. The number of nitrogens with one attached hydrogen (secondary N) is 1. The largest absolute Gasteiger partial charge is 0.325 e. The molecule has 6 nitrogen and oxygen atoms in total. The number of anilines is 1. The minimum Gasteiger partial charge on any atom is -0.325 e. The Morgan fingerprint density at radius 3 is 3.09 bits per heavy atom. The predicted molar refractivity (Wildman–Crippen MR) is 90.3 cm³/mol. The number of nitriles is 1. The highest BCUT2D eigenvalue weighted by Gasteiger charge is 2.18. The Kier molecular flexibility index (Phi) is 5.79. The number of benzene rings is 1. The molecule has 0 saturated carbocycles. The number of halogens is 1. The van der Waals surface area contributed by atoms with Gasteiger partial charge >= 0.3 is 0 Å². The number of nitrogens with zero attached hydrogens (tertiary/aromatic N) is 4. The summed E-state index contributed by atoms with van der Waals surface area (Å²) in [5, 5.41) is 20.0. The van der Waals surface area contributed by atoms with E-state index in [0.29, 0.717) is 28.0 Å². The molecule has 0 aliphatic heterocycles. The minimum atomic E-state index is -0.378. The minimum absolute atomic E-state index is 0.191. The van der Waals surface area contributed by atoms with Gasteiger partial charge in [-0.15, -0.1) is 16.8 Å². The van der Waals surface area contributed by atoms with E-state index in [2.05, 4.69) is 22.1 Å². The van der Waals surface area contributed by atoms with Gasteiger partial charge in [0.1, 0.15) is 12.4 Å². The Balaban J connectivity index is 2.02. The van der Waals surface area contributed by atoms with Gasteiger partial charge in [0.15, 0.2) is 5.16 Å². The van der Waals surface area contributed by atoms with Crippen LogP contribution in [0.25, 0.3) is 0 Å². The summed E-state index contributed by atoms with van der Waals surface area (Å²) in [6.45, 7) is 6.02. The van der Waals surface area contributed by atoms with Crippen LogP contribution in [0.3, 0.4) is 0 Å². The fourth-order valence-electron chi connectivity index (χ4n) is 1.74. The standard InChI is InChI=1S/C15H14ClN5OS/c1-3-6-21-9-18-20-15(21)23-10(2)14(22)19-12-5-4-11(8-17)13(16)7-12/h3-5,7,9-10H,1,6H2,2H3,(H,19,22). The monoisotopic (exact) mass is 347 g/mol. The van der Waals surface area contributed by atoms with Crippen molar-refractivity contribution in [1.29, 1.82) is 5.26 Å². The van der Waals surface area contributed by atoms with Crippen molar-refractivity contribution in [2.45, 2.75) is 23.9 Å². The second kappa shape index (κ2) is 7.81. The highest BCUT2D eigenvalue weighted by molar-refractivity contribution is 8.00. The van der Waals surface area contributed by atoms with Gasteiger partial charge in [0.2, 0.25) is 5.91 Å². The van der Waals surface area contributed by atoms with E-state index in [1.807, 2.05) is 6.07 Å². The lowest BCUT2D eigenvalue weighted by molar-refractivity contribution is -0.115. The molecule has 0 spiro atoms. The number of thioether (sulfide) groups is 1. The number of carbonyl (C=O) groups excluding carboxylic acids is 1. The van der Waals surface area contributed by atoms with Crippen LogP contribution in [0.15, 0.2) is 42.3 Å². The third-order valence-electron chi connectivity index (χ3n) is 2.91. The Labute approximate surface area is 143 Å². The van der Waals surface area contributed by atoms with Crippen molar-refractivity contribution in [1.82, 2.24) is 14.8 Å². The Morgan fingerprint density at radius 1 is 1.65 bits per heavy atom. The smallest absolute Gasteiger partial charge is 0.237 e. The molecule has 1 amide bonds. The number of carbonyl (C=O) groups is 1. The molecule has 2 rings (SSSR count). The highest BCUT2D eigenvalue weighted by Crippen LogP contribution is 2.24. The zero-order valence-corrected chi connectivity index (χ0v) is 13.9. The fraction of sp³-hybridized carbons (Fsp3) is 0.200. The lowest BCUT2D eigenvalue weighted by Crippen LogP contribution is -2.23. The van der Waals surface area contributed by atoms with Gasteiger partial charge in [-0.1, -0.05) is 29.4 Å². The van der Waals surface area contributed by atoms with Crippen molar-refractivity contribution < 1.29 is 4.79 Å². The SMILES string of the molecule is C=CCn1cnnc1SC(C)C(=O)Nc1ccc(C#N)c(Cl)c1. The second-order valence-corrected chi connectivity index (χ2v) is 6.33. The number of hydrogen-bond donors (Lipinski definition) is 1. The van der Waals surface area contributed by atoms with Gasteiger partial charge in [-0.2, -0.15) is 5.26 Å². The first-order chi connectivity index (χ1) is 11.0. The molecule has 0 fully saturated rings. The van der Waals surface area contributed by atoms with Crippen molar-refractivity contribution in [2.24, 2.45) is 0 Å². The fourth-order valence-corrected chi connectivity index (χ4v) is 2.80. The summed E-state index contributed by atoms with van der Waals surface area (Å²) < 4.78 is 1.81. The van der Waals surface area contributed by atoms with Crippen molar-refractivity contribution in [3.63, 3.8) is 0 Å². The third kappa shape index (κ3) is 4.34. The van der Waals surface area contributed by atoms with Crippen LogP contribution in [0, 0.1) is 11.3 Å². The van der Waals surface area contributed by atoms with Gasteiger partial charge in [-0.25, -0.2) is 0 Å². The van der Waals surface area contributed by atoms with Gasteiger partial charge in [-0.3, -0.25) is 4.79 Å². The molecule has 8 heteroatoms. The number of amides is 1. The molecule has 1 aromatic heterocycles. The van der Waals surface area contributed by atoms with E-state index in [9.17, 15) is 4.79 Å². The summed E-state index contributed by atoms with van der Waals surface area (Å²) in [5.41, 5.74) is 0.906. The van der Waals surface area contributed by atoms with E-state index >= 15 is 0 Å². The van der Waals surface area contributed by atoms with Crippen LogP contribution in [-0.4, -0.2) is 25.9 Å². The molecule has 1 heterocycles. The van der Waals surface area contributed by atoms with E-state index in [1.54, 1.807) is 42.1 Å². The summed E-state index contributed by atoms with van der Waals surface area (Å²) in [6, 6.07) is 6.73. The first kappa shape index (κ1) is 17.1. The van der Waals surface area contributed by atoms with Gasteiger partial charge in [0.05, 0.1) is 15.8 Å². The number of aromatic nitrogens is 3. The summed E-state index contributed by atoms with van der Waals surface area (Å²) >= 11 is 7.25. The molecular formula is C15H14ClN5OS. The topological polar surface area (TPSA) is 83.6 Å². The molecule has 0 bridgehead atoms. The number of hydrogen-bond acceptors (Lipinski definition) is 5. The molecule has 1 atom stereocenters. The predicted octanol–water partition coefficient (Wildman–Crippen LogP) is 3.11. The zero-order valence-electron chi connectivity index (χ0n) is 12.4. The van der Waals surface area contributed by atoms with E-state index in [-0.39, 0.29) is 11.2 Å². The summed E-state index contributed by atoms with van der Waals surface area (Å²) in [6.07, 6.45) is 3.33. The summed E-state index contributed by atoms with van der Waals surface area (Å²) in [4.78, 5) is 12.3. The van der Waals surface area contributed by atoms with Crippen molar-refractivity contribution >= 4 is 35.0 Å². The lowest BCUT2D eigenvalue weighted by atomic mass is 10.2. The third-order valence-corrected chi connectivity index (χ3v) is 4.32. The molecular weight excluding hydrogens is 334 g/mol. The van der Waals surface area contributed by atoms with E-state index in [4.69, 9.17) is 16.9 Å². The molecule has 23 heavy (non-hydrogen) atoms. The van der Waals surface area contributed by atoms with Gasteiger partial charge in [-0.05, 0) is 25.1 Å². The average Bonchev–Trinajstić information content (AvgIpc) is 2.95. The van der Waals surface area contributed by atoms with Crippen LogP contribution in [0.5, 0.6) is 0 Å². The van der Waals surface area contributed by atoms with Gasteiger partial charge < -0.3 is 9.88 Å². The van der Waals surface area contributed by atoms with Crippen LogP contribution >= 0.6 is 23.4 Å². The maximum absolute atomic E-state index is 12.3. The molecule has 1 N–H and O–H groups in total. The van der Waals surface area contributed by atoms with Crippen molar-refractivity contribution in [2.75, 3.05) is 5.32 Å². The van der Waals surface area contributed by atoms with Crippen LogP contribution in [0.1, 0.15) is 12.5 Å². The lowest BCUT2D eigenvalue weighted by Gasteiger charge is -2.12. The Morgan fingerprint density at radius 2 is 2.43 bits per heavy atom. The molecule has 1 aromatic carbocycles. The maximum Gasteiger partial charge on any atom is 0.237 e. The number of rotatable bonds is 6. The molecule has 118 valence electrons. The van der Waals surface area contributed by atoms with Gasteiger partial charge in [0.25, 0.3) is 0 Å². The van der Waals surface area contributed by atoms with Gasteiger partial charge in [0, 0.05) is 12.2 Å². The molecule has 0 saturated heterocycles.